The fourth-order valence-electron chi connectivity index (χ4n) is 2.35. The summed E-state index contributed by atoms with van der Waals surface area (Å²) in [5.74, 6) is 0.605. The van der Waals surface area contributed by atoms with Crippen molar-refractivity contribution in [2.45, 2.75) is 51.6 Å². The Morgan fingerprint density at radius 2 is 1.89 bits per heavy atom. The normalized spacial score (nSPS) is 15.6. The Balaban J connectivity index is 1.93. The second kappa shape index (κ2) is 6.35. The number of nitrogens with zero attached hydrogens (tertiary/aromatic N) is 1. The molecule has 1 fully saturated rings. The first-order chi connectivity index (χ1) is 8.70. The van der Waals surface area contributed by atoms with Crippen molar-refractivity contribution in [3.05, 3.63) is 35.4 Å². The lowest BCUT2D eigenvalue weighted by Crippen LogP contribution is -2.27. The third kappa shape index (κ3) is 3.82. The van der Waals surface area contributed by atoms with Crippen LogP contribution in [-0.2, 0) is 6.54 Å². The van der Waals surface area contributed by atoms with Crippen LogP contribution in [-0.4, -0.2) is 29.2 Å². The van der Waals surface area contributed by atoms with E-state index < -0.39 is 0 Å². The number of hydrogen-bond acceptors (Lipinski definition) is 2. The molecule has 0 heterocycles. The highest BCUT2D eigenvalue weighted by Crippen LogP contribution is 2.28. The van der Waals surface area contributed by atoms with Gasteiger partial charge in [0.1, 0.15) is 0 Å². The Morgan fingerprint density at radius 1 is 1.22 bits per heavy atom. The molecule has 0 bridgehead atoms. The molecule has 2 nitrogen and oxygen atoms in total. The molecule has 1 saturated carbocycles. The summed E-state index contributed by atoms with van der Waals surface area (Å²) in [6.07, 6.45) is 3.55. The van der Waals surface area contributed by atoms with Gasteiger partial charge in [-0.3, -0.25) is 4.90 Å². The monoisotopic (exact) mass is 247 g/mol. The number of aliphatic hydroxyl groups is 1. The van der Waals surface area contributed by atoms with Gasteiger partial charge in [0.15, 0.2) is 0 Å². The van der Waals surface area contributed by atoms with Crippen molar-refractivity contribution in [2.24, 2.45) is 0 Å². The molecule has 0 aliphatic heterocycles. The highest BCUT2D eigenvalue weighted by atomic mass is 16.3. The maximum absolute atomic E-state index is 8.95. The van der Waals surface area contributed by atoms with Gasteiger partial charge in [0.25, 0.3) is 0 Å². The van der Waals surface area contributed by atoms with Crippen LogP contribution < -0.4 is 0 Å². The Labute approximate surface area is 111 Å². The maximum atomic E-state index is 8.95. The lowest BCUT2D eigenvalue weighted by molar-refractivity contribution is 0.211. The molecule has 18 heavy (non-hydrogen) atoms. The summed E-state index contributed by atoms with van der Waals surface area (Å²) in [5.41, 5.74) is 2.80. The van der Waals surface area contributed by atoms with Gasteiger partial charge >= 0.3 is 0 Å². The van der Waals surface area contributed by atoms with Gasteiger partial charge in [-0.25, -0.2) is 0 Å². The maximum Gasteiger partial charge on any atom is 0.0443 e. The van der Waals surface area contributed by atoms with E-state index in [1.807, 2.05) is 0 Å². The van der Waals surface area contributed by atoms with Crippen LogP contribution in [0, 0.1) is 0 Å². The van der Waals surface area contributed by atoms with Gasteiger partial charge in [-0.1, -0.05) is 38.1 Å². The van der Waals surface area contributed by atoms with E-state index in [1.54, 1.807) is 0 Å². The Kier molecular flexibility index (Phi) is 4.79. The van der Waals surface area contributed by atoms with E-state index in [-0.39, 0.29) is 0 Å². The third-order valence-electron chi connectivity index (χ3n) is 3.70. The summed E-state index contributed by atoms with van der Waals surface area (Å²) in [7, 11) is 0. The Bertz CT molecular complexity index is 354. The highest BCUT2D eigenvalue weighted by Gasteiger charge is 2.28. The zero-order valence-electron chi connectivity index (χ0n) is 11.6. The number of aliphatic hydroxyl groups excluding tert-OH is 1. The minimum atomic E-state index is 0.301. The van der Waals surface area contributed by atoms with Crippen molar-refractivity contribution in [1.29, 1.82) is 0 Å². The van der Waals surface area contributed by atoms with Crippen LogP contribution in [0.25, 0.3) is 0 Å². The molecule has 0 saturated heterocycles. The van der Waals surface area contributed by atoms with E-state index in [0.717, 1.165) is 25.6 Å². The van der Waals surface area contributed by atoms with E-state index in [0.29, 0.717) is 12.5 Å². The summed E-state index contributed by atoms with van der Waals surface area (Å²) in [5, 5.41) is 8.95. The summed E-state index contributed by atoms with van der Waals surface area (Å²) >= 11 is 0. The molecule has 1 N–H and O–H groups in total. The van der Waals surface area contributed by atoms with Crippen molar-refractivity contribution in [2.75, 3.05) is 13.2 Å². The van der Waals surface area contributed by atoms with Crippen LogP contribution in [0.5, 0.6) is 0 Å². The zero-order chi connectivity index (χ0) is 13.0. The number of rotatable bonds is 7. The highest BCUT2D eigenvalue weighted by molar-refractivity contribution is 5.24. The molecular formula is C16H25NO. The predicted molar refractivity (Wildman–Crippen MR) is 75.7 cm³/mol. The first-order valence-electron chi connectivity index (χ1n) is 7.14. The van der Waals surface area contributed by atoms with Gasteiger partial charge in [0.05, 0.1) is 0 Å². The van der Waals surface area contributed by atoms with Crippen molar-refractivity contribution in [3.8, 4) is 0 Å². The molecule has 0 radical (unpaired) electrons. The Morgan fingerprint density at radius 3 is 2.39 bits per heavy atom. The van der Waals surface area contributed by atoms with Gasteiger partial charge in [0, 0.05) is 25.7 Å². The lowest BCUT2D eigenvalue weighted by atomic mass is 10.0. The molecule has 1 aromatic rings. The standard InChI is InChI=1S/C16H25NO/c1-13(2)15-6-4-14(5-7-15)12-17(10-3-11-18)16-8-9-16/h4-7,13,16,18H,3,8-12H2,1-2H3. The van der Waals surface area contributed by atoms with Gasteiger partial charge in [-0.15, -0.1) is 0 Å². The summed E-state index contributed by atoms with van der Waals surface area (Å²) in [6.45, 7) is 6.81. The van der Waals surface area contributed by atoms with Gasteiger partial charge < -0.3 is 5.11 Å². The Hall–Kier alpha value is -0.860. The topological polar surface area (TPSA) is 23.5 Å². The van der Waals surface area contributed by atoms with Crippen molar-refractivity contribution in [3.63, 3.8) is 0 Å². The van der Waals surface area contributed by atoms with Gasteiger partial charge in [0.2, 0.25) is 0 Å². The average molecular weight is 247 g/mol. The molecule has 1 aromatic carbocycles. The van der Waals surface area contributed by atoms with Crippen LogP contribution in [0.3, 0.4) is 0 Å². The van der Waals surface area contributed by atoms with E-state index in [9.17, 15) is 0 Å². The second-order valence-electron chi connectivity index (χ2n) is 5.68. The molecule has 0 unspecified atom stereocenters. The average Bonchev–Trinajstić information content (AvgIpc) is 3.19. The molecule has 2 rings (SSSR count). The van der Waals surface area contributed by atoms with Crippen LogP contribution >= 0.6 is 0 Å². The van der Waals surface area contributed by atoms with E-state index >= 15 is 0 Å². The van der Waals surface area contributed by atoms with Crippen LogP contribution in [0.2, 0.25) is 0 Å². The molecule has 2 heteroatoms. The number of benzene rings is 1. The molecular weight excluding hydrogens is 222 g/mol. The fraction of sp³-hybridized carbons (Fsp3) is 0.625. The molecule has 100 valence electrons. The van der Waals surface area contributed by atoms with Gasteiger partial charge in [-0.2, -0.15) is 0 Å². The SMILES string of the molecule is CC(C)c1ccc(CN(CCCO)C2CC2)cc1. The quantitative estimate of drug-likeness (QED) is 0.800. The minimum Gasteiger partial charge on any atom is -0.396 e. The second-order valence-corrected chi connectivity index (χ2v) is 5.68. The molecule has 1 aliphatic carbocycles. The van der Waals surface area contributed by atoms with E-state index in [4.69, 9.17) is 5.11 Å². The predicted octanol–water partition coefficient (Wildman–Crippen LogP) is 3.16. The first kappa shape index (κ1) is 13.6. The van der Waals surface area contributed by atoms with Crippen LogP contribution in [0.4, 0.5) is 0 Å². The molecule has 1 aliphatic rings. The molecule has 0 atom stereocenters. The van der Waals surface area contributed by atoms with Crippen molar-refractivity contribution < 1.29 is 5.11 Å². The summed E-state index contributed by atoms with van der Waals surface area (Å²) in [6, 6.07) is 9.77. The zero-order valence-corrected chi connectivity index (χ0v) is 11.6. The lowest BCUT2D eigenvalue weighted by Gasteiger charge is -2.21. The van der Waals surface area contributed by atoms with Crippen molar-refractivity contribution >= 4 is 0 Å². The van der Waals surface area contributed by atoms with Crippen LogP contribution in [0.1, 0.15) is 50.2 Å². The minimum absolute atomic E-state index is 0.301. The molecule has 0 spiro atoms. The van der Waals surface area contributed by atoms with Gasteiger partial charge in [-0.05, 0) is 36.3 Å². The van der Waals surface area contributed by atoms with E-state index in [2.05, 4.69) is 43.0 Å². The van der Waals surface area contributed by atoms with E-state index in [1.165, 1.54) is 24.0 Å². The molecule has 0 amide bonds. The van der Waals surface area contributed by atoms with Crippen LogP contribution in [0.15, 0.2) is 24.3 Å². The first-order valence-corrected chi connectivity index (χ1v) is 7.14. The summed E-state index contributed by atoms with van der Waals surface area (Å²) in [4.78, 5) is 2.51. The number of hydrogen-bond donors (Lipinski definition) is 1. The van der Waals surface area contributed by atoms with Crippen molar-refractivity contribution in [1.82, 2.24) is 4.90 Å². The fourth-order valence-corrected chi connectivity index (χ4v) is 2.35. The third-order valence-corrected chi connectivity index (χ3v) is 3.70. The summed E-state index contributed by atoms with van der Waals surface area (Å²) < 4.78 is 0. The largest absolute Gasteiger partial charge is 0.396 e. The smallest absolute Gasteiger partial charge is 0.0443 e. The molecule has 0 aromatic heterocycles.